The van der Waals surface area contributed by atoms with E-state index in [1.807, 2.05) is 6.07 Å². The predicted molar refractivity (Wildman–Crippen MR) is 74.3 cm³/mol. The van der Waals surface area contributed by atoms with E-state index < -0.39 is 5.60 Å². The minimum atomic E-state index is -0.634. The van der Waals surface area contributed by atoms with E-state index in [0.29, 0.717) is 28.5 Å². The second kappa shape index (κ2) is 4.68. The average Bonchev–Trinajstić information content (AvgIpc) is 2.64. The Balaban J connectivity index is 1.81. The molecule has 2 unspecified atom stereocenters. The van der Waals surface area contributed by atoms with Gasteiger partial charge in [0.1, 0.15) is 0 Å². The van der Waals surface area contributed by atoms with Gasteiger partial charge in [0, 0.05) is 28.5 Å². The molecule has 2 heterocycles. The van der Waals surface area contributed by atoms with E-state index in [4.69, 9.17) is 23.2 Å². The highest BCUT2D eigenvalue weighted by Crippen LogP contribution is 2.37. The molecule has 1 aromatic carbocycles. The maximum atomic E-state index is 10.8. The van der Waals surface area contributed by atoms with Crippen molar-refractivity contribution in [2.45, 2.75) is 49.8 Å². The molecule has 2 saturated heterocycles. The molecular weight excluding hydrogens is 269 g/mol. The Bertz CT molecular complexity index is 451. The molecule has 2 bridgehead atoms. The summed E-state index contributed by atoms with van der Waals surface area (Å²) >= 11 is 12.2. The summed E-state index contributed by atoms with van der Waals surface area (Å²) in [5, 5.41) is 15.7. The highest BCUT2D eigenvalue weighted by Gasteiger charge is 2.42. The van der Waals surface area contributed by atoms with Gasteiger partial charge in [-0.2, -0.15) is 0 Å². The van der Waals surface area contributed by atoms with Gasteiger partial charge in [0.15, 0.2) is 0 Å². The zero-order valence-corrected chi connectivity index (χ0v) is 11.6. The van der Waals surface area contributed by atoms with Gasteiger partial charge in [-0.25, -0.2) is 0 Å². The zero-order chi connectivity index (χ0) is 12.8. The van der Waals surface area contributed by atoms with E-state index in [-0.39, 0.29) is 0 Å². The zero-order valence-electron chi connectivity index (χ0n) is 10.1. The fourth-order valence-electron chi connectivity index (χ4n) is 3.40. The summed E-state index contributed by atoms with van der Waals surface area (Å²) in [6, 6.07) is 6.38. The number of hydrogen-bond donors (Lipinski definition) is 2. The van der Waals surface area contributed by atoms with Gasteiger partial charge in [-0.1, -0.05) is 23.2 Å². The predicted octanol–water partition coefficient (Wildman–Crippen LogP) is 3.18. The van der Waals surface area contributed by atoms with E-state index in [1.165, 1.54) is 12.8 Å². The van der Waals surface area contributed by atoms with Crippen LogP contribution >= 0.6 is 23.2 Å². The highest BCUT2D eigenvalue weighted by atomic mass is 35.5. The lowest BCUT2D eigenvalue weighted by atomic mass is 9.82. The minimum absolute atomic E-state index is 0.465. The van der Waals surface area contributed by atoms with Crippen LogP contribution in [0.15, 0.2) is 18.2 Å². The summed E-state index contributed by atoms with van der Waals surface area (Å²) in [6.07, 6.45) is 4.58. The molecule has 2 N–H and O–H groups in total. The van der Waals surface area contributed by atoms with E-state index in [0.717, 1.165) is 18.4 Å². The van der Waals surface area contributed by atoms with Crippen LogP contribution in [0.25, 0.3) is 0 Å². The van der Waals surface area contributed by atoms with Crippen molar-refractivity contribution in [2.75, 3.05) is 0 Å². The molecule has 2 fully saturated rings. The third kappa shape index (κ3) is 2.53. The normalized spacial score (nSPS) is 34.8. The number of fused-ring (bicyclic) bond motifs is 2. The quantitative estimate of drug-likeness (QED) is 0.875. The molecule has 2 nitrogen and oxygen atoms in total. The topological polar surface area (TPSA) is 32.3 Å². The molecule has 2 atom stereocenters. The first-order valence-electron chi connectivity index (χ1n) is 6.46. The number of piperidine rings is 1. The summed E-state index contributed by atoms with van der Waals surface area (Å²) in [5.41, 5.74) is 0.318. The van der Waals surface area contributed by atoms with Gasteiger partial charge in [-0.05, 0) is 49.4 Å². The van der Waals surface area contributed by atoms with Gasteiger partial charge < -0.3 is 10.4 Å². The number of rotatable bonds is 2. The smallest absolute Gasteiger partial charge is 0.0718 e. The van der Waals surface area contributed by atoms with Crippen molar-refractivity contribution in [3.8, 4) is 0 Å². The van der Waals surface area contributed by atoms with Gasteiger partial charge in [0.2, 0.25) is 0 Å². The van der Waals surface area contributed by atoms with Crippen molar-refractivity contribution in [2.24, 2.45) is 0 Å². The third-order valence-corrected chi connectivity index (χ3v) is 4.72. The molecule has 4 heteroatoms. The second-order valence-electron chi connectivity index (χ2n) is 5.68. The molecule has 0 radical (unpaired) electrons. The SMILES string of the molecule is OC1(Cc2cc(Cl)ccc2Cl)CC2CCC(C1)N2. The van der Waals surface area contributed by atoms with Gasteiger partial charge in [-0.15, -0.1) is 0 Å². The first-order chi connectivity index (χ1) is 8.54. The van der Waals surface area contributed by atoms with E-state index in [9.17, 15) is 5.11 Å². The van der Waals surface area contributed by atoms with Crippen LogP contribution in [0.3, 0.4) is 0 Å². The Morgan fingerprint density at radius 3 is 2.56 bits per heavy atom. The van der Waals surface area contributed by atoms with Crippen molar-refractivity contribution in [1.82, 2.24) is 5.32 Å². The fraction of sp³-hybridized carbons (Fsp3) is 0.571. The molecule has 1 aromatic rings. The highest BCUT2D eigenvalue weighted by molar-refractivity contribution is 6.33. The van der Waals surface area contributed by atoms with Crippen LogP contribution in [0.5, 0.6) is 0 Å². The Kier molecular flexibility index (Phi) is 3.31. The van der Waals surface area contributed by atoms with E-state index in [1.54, 1.807) is 12.1 Å². The van der Waals surface area contributed by atoms with Crippen LogP contribution in [-0.4, -0.2) is 22.8 Å². The largest absolute Gasteiger partial charge is 0.389 e. The Morgan fingerprint density at radius 2 is 1.89 bits per heavy atom. The first kappa shape index (κ1) is 12.7. The number of hydrogen-bond acceptors (Lipinski definition) is 2. The van der Waals surface area contributed by atoms with Crippen molar-refractivity contribution >= 4 is 23.2 Å². The average molecular weight is 286 g/mol. The molecule has 2 aliphatic heterocycles. The Labute approximate surface area is 117 Å². The molecule has 3 rings (SSSR count). The van der Waals surface area contributed by atoms with Crippen LogP contribution in [0.2, 0.25) is 10.0 Å². The summed E-state index contributed by atoms with van der Waals surface area (Å²) in [5.74, 6) is 0. The van der Waals surface area contributed by atoms with Crippen LogP contribution in [-0.2, 0) is 6.42 Å². The van der Waals surface area contributed by atoms with E-state index >= 15 is 0 Å². The molecule has 0 aromatic heterocycles. The maximum Gasteiger partial charge on any atom is 0.0718 e. The number of nitrogens with one attached hydrogen (secondary N) is 1. The second-order valence-corrected chi connectivity index (χ2v) is 6.53. The first-order valence-corrected chi connectivity index (χ1v) is 7.22. The number of halogens is 2. The summed E-state index contributed by atoms with van der Waals surface area (Å²) in [6.45, 7) is 0. The van der Waals surface area contributed by atoms with Gasteiger partial charge >= 0.3 is 0 Å². The standard InChI is InChI=1S/C14H17Cl2NO/c15-10-1-4-13(16)9(5-10)6-14(18)7-11-2-3-12(8-14)17-11/h1,4-5,11-12,17-18H,2-3,6-8H2. The molecule has 0 spiro atoms. The fourth-order valence-corrected chi connectivity index (χ4v) is 3.78. The number of aliphatic hydroxyl groups is 1. The molecule has 0 saturated carbocycles. The monoisotopic (exact) mass is 285 g/mol. The molecule has 18 heavy (non-hydrogen) atoms. The Morgan fingerprint density at radius 1 is 1.22 bits per heavy atom. The van der Waals surface area contributed by atoms with Gasteiger partial charge in [0.25, 0.3) is 0 Å². The van der Waals surface area contributed by atoms with Crippen molar-refractivity contribution in [3.05, 3.63) is 33.8 Å². The molecule has 0 amide bonds. The molecule has 2 aliphatic rings. The minimum Gasteiger partial charge on any atom is -0.389 e. The summed E-state index contributed by atoms with van der Waals surface area (Å²) < 4.78 is 0. The van der Waals surface area contributed by atoms with Gasteiger partial charge in [0.05, 0.1) is 5.60 Å². The number of benzene rings is 1. The van der Waals surface area contributed by atoms with E-state index in [2.05, 4.69) is 5.32 Å². The summed E-state index contributed by atoms with van der Waals surface area (Å²) in [4.78, 5) is 0. The summed E-state index contributed by atoms with van der Waals surface area (Å²) in [7, 11) is 0. The van der Waals surface area contributed by atoms with Crippen LogP contribution < -0.4 is 5.32 Å². The van der Waals surface area contributed by atoms with Crippen LogP contribution in [0.4, 0.5) is 0 Å². The van der Waals surface area contributed by atoms with Crippen LogP contribution in [0, 0.1) is 0 Å². The molecule has 98 valence electrons. The lowest BCUT2D eigenvalue weighted by molar-refractivity contribution is -0.00606. The molecule has 0 aliphatic carbocycles. The van der Waals surface area contributed by atoms with Crippen molar-refractivity contribution in [1.29, 1.82) is 0 Å². The lowest BCUT2D eigenvalue weighted by Crippen LogP contribution is -2.49. The van der Waals surface area contributed by atoms with Crippen molar-refractivity contribution < 1.29 is 5.11 Å². The maximum absolute atomic E-state index is 10.8. The van der Waals surface area contributed by atoms with Crippen LogP contribution in [0.1, 0.15) is 31.2 Å². The van der Waals surface area contributed by atoms with Gasteiger partial charge in [-0.3, -0.25) is 0 Å². The van der Waals surface area contributed by atoms with Crippen molar-refractivity contribution in [3.63, 3.8) is 0 Å². The molecular formula is C14H17Cl2NO. The Hall–Kier alpha value is -0.280. The third-order valence-electron chi connectivity index (χ3n) is 4.11. The lowest BCUT2D eigenvalue weighted by Gasteiger charge is -2.37.